The molecule has 0 aromatic heterocycles. The predicted octanol–water partition coefficient (Wildman–Crippen LogP) is 6.18. The van der Waals surface area contributed by atoms with Crippen LogP contribution in [0.3, 0.4) is 0 Å². The van der Waals surface area contributed by atoms with Crippen molar-refractivity contribution < 1.29 is 9.53 Å². The van der Waals surface area contributed by atoms with Gasteiger partial charge in [0.25, 0.3) is 5.91 Å². The SMILES string of the molecule is CC(C)c1ccc(COc2ccc(N(CCN)C(=O)c3ccccc3Br)cc2)cc1.Cl. The summed E-state index contributed by atoms with van der Waals surface area (Å²) >= 11 is 3.46. The number of amides is 1. The van der Waals surface area contributed by atoms with Gasteiger partial charge in [0.15, 0.2) is 0 Å². The smallest absolute Gasteiger partial charge is 0.259 e. The van der Waals surface area contributed by atoms with Gasteiger partial charge in [-0.15, -0.1) is 12.4 Å². The molecule has 31 heavy (non-hydrogen) atoms. The molecule has 0 saturated heterocycles. The van der Waals surface area contributed by atoms with Crippen LogP contribution in [0.2, 0.25) is 0 Å². The molecule has 3 aromatic rings. The van der Waals surface area contributed by atoms with E-state index in [1.54, 1.807) is 11.0 Å². The van der Waals surface area contributed by atoms with Crippen LogP contribution >= 0.6 is 28.3 Å². The first-order valence-corrected chi connectivity index (χ1v) is 10.9. The van der Waals surface area contributed by atoms with E-state index in [2.05, 4.69) is 54.0 Å². The Labute approximate surface area is 198 Å². The lowest BCUT2D eigenvalue weighted by atomic mass is 10.0. The van der Waals surface area contributed by atoms with Crippen molar-refractivity contribution in [3.05, 3.63) is 94.0 Å². The van der Waals surface area contributed by atoms with E-state index in [1.807, 2.05) is 42.5 Å². The lowest BCUT2D eigenvalue weighted by Gasteiger charge is -2.23. The quantitative estimate of drug-likeness (QED) is 0.399. The Hall–Kier alpha value is -2.34. The molecule has 0 bridgehead atoms. The van der Waals surface area contributed by atoms with Gasteiger partial charge in [0, 0.05) is 23.2 Å². The maximum atomic E-state index is 13.0. The van der Waals surface area contributed by atoms with E-state index in [0.717, 1.165) is 21.5 Å². The Bertz CT molecular complexity index is 976. The monoisotopic (exact) mass is 502 g/mol. The third-order valence-electron chi connectivity index (χ3n) is 4.90. The first-order chi connectivity index (χ1) is 14.5. The molecule has 0 aliphatic heterocycles. The average molecular weight is 504 g/mol. The fourth-order valence-electron chi connectivity index (χ4n) is 3.14. The minimum Gasteiger partial charge on any atom is -0.489 e. The van der Waals surface area contributed by atoms with E-state index in [9.17, 15) is 4.79 Å². The van der Waals surface area contributed by atoms with Gasteiger partial charge >= 0.3 is 0 Å². The van der Waals surface area contributed by atoms with Crippen molar-refractivity contribution in [1.29, 1.82) is 0 Å². The molecule has 0 heterocycles. The van der Waals surface area contributed by atoms with Crippen molar-refractivity contribution >= 4 is 39.9 Å². The molecular formula is C25H28BrClN2O2. The number of nitrogens with two attached hydrogens (primary N) is 1. The minimum absolute atomic E-state index is 0. The van der Waals surface area contributed by atoms with Gasteiger partial charge in [-0.05, 0) is 69.4 Å². The number of hydrogen-bond acceptors (Lipinski definition) is 3. The highest BCUT2D eigenvalue weighted by Crippen LogP contribution is 2.25. The molecule has 164 valence electrons. The first-order valence-electron chi connectivity index (χ1n) is 10.1. The largest absolute Gasteiger partial charge is 0.489 e. The lowest BCUT2D eigenvalue weighted by molar-refractivity contribution is 0.0987. The van der Waals surface area contributed by atoms with Gasteiger partial charge in [0.05, 0.1) is 5.56 Å². The molecule has 3 aromatic carbocycles. The number of rotatable bonds is 8. The predicted molar refractivity (Wildman–Crippen MR) is 133 cm³/mol. The lowest BCUT2D eigenvalue weighted by Crippen LogP contribution is -2.35. The number of nitrogens with zero attached hydrogens (tertiary/aromatic N) is 1. The molecule has 0 fully saturated rings. The molecule has 0 saturated carbocycles. The number of ether oxygens (including phenoxy) is 1. The van der Waals surface area contributed by atoms with Gasteiger partial charge < -0.3 is 15.4 Å². The molecule has 4 nitrogen and oxygen atoms in total. The van der Waals surface area contributed by atoms with E-state index < -0.39 is 0 Å². The highest BCUT2D eigenvalue weighted by molar-refractivity contribution is 9.10. The Balaban J connectivity index is 0.00000341. The van der Waals surface area contributed by atoms with Crippen LogP contribution in [-0.2, 0) is 6.61 Å². The minimum atomic E-state index is -0.0909. The highest BCUT2D eigenvalue weighted by Gasteiger charge is 2.19. The Morgan fingerprint density at radius 2 is 1.65 bits per heavy atom. The molecule has 1 amide bonds. The average Bonchev–Trinajstić information content (AvgIpc) is 2.77. The summed E-state index contributed by atoms with van der Waals surface area (Å²) in [6, 6.07) is 23.4. The third-order valence-corrected chi connectivity index (χ3v) is 5.59. The van der Waals surface area contributed by atoms with E-state index in [0.29, 0.717) is 31.2 Å². The summed E-state index contributed by atoms with van der Waals surface area (Å²) < 4.78 is 6.68. The molecule has 0 radical (unpaired) electrons. The normalized spacial score (nSPS) is 10.5. The van der Waals surface area contributed by atoms with Crippen molar-refractivity contribution in [2.75, 3.05) is 18.0 Å². The molecule has 0 spiro atoms. The zero-order valence-corrected chi connectivity index (χ0v) is 20.2. The van der Waals surface area contributed by atoms with Crippen LogP contribution in [0.25, 0.3) is 0 Å². The van der Waals surface area contributed by atoms with Crippen LogP contribution in [0.1, 0.15) is 41.3 Å². The van der Waals surface area contributed by atoms with Crippen molar-refractivity contribution in [2.45, 2.75) is 26.4 Å². The molecule has 0 unspecified atom stereocenters. The van der Waals surface area contributed by atoms with Gasteiger partial charge in [0.2, 0.25) is 0 Å². The van der Waals surface area contributed by atoms with Crippen LogP contribution in [0.5, 0.6) is 5.75 Å². The zero-order valence-electron chi connectivity index (χ0n) is 17.8. The molecule has 0 atom stereocenters. The van der Waals surface area contributed by atoms with Gasteiger partial charge in [-0.25, -0.2) is 0 Å². The number of halogens is 2. The highest BCUT2D eigenvalue weighted by atomic mass is 79.9. The topological polar surface area (TPSA) is 55.6 Å². The van der Waals surface area contributed by atoms with E-state index in [4.69, 9.17) is 10.5 Å². The van der Waals surface area contributed by atoms with Gasteiger partial charge in [0.1, 0.15) is 12.4 Å². The molecule has 2 N–H and O–H groups in total. The number of anilines is 1. The van der Waals surface area contributed by atoms with Gasteiger partial charge in [-0.3, -0.25) is 4.79 Å². The number of carbonyl (C=O) groups is 1. The Morgan fingerprint density at radius 1 is 1.00 bits per heavy atom. The van der Waals surface area contributed by atoms with E-state index in [1.165, 1.54) is 5.56 Å². The van der Waals surface area contributed by atoms with E-state index >= 15 is 0 Å². The summed E-state index contributed by atoms with van der Waals surface area (Å²) in [5.41, 5.74) is 9.60. The van der Waals surface area contributed by atoms with Crippen LogP contribution in [-0.4, -0.2) is 19.0 Å². The number of carbonyl (C=O) groups excluding carboxylic acids is 1. The maximum absolute atomic E-state index is 13.0. The van der Waals surface area contributed by atoms with Crippen molar-refractivity contribution in [3.63, 3.8) is 0 Å². The molecular weight excluding hydrogens is 476 g/mol. The first kappa shape index (κ1) is 24.9. The van der Waals surface area contributed by atoms with Crippen LogP contribution in [0.4, 0.5) is 5.69 Å². The summed E-state index contributed by atoms with van der Waals surface area (Å²) in [6.45, 7) is 5.67. The van der Waals surface area contributed by atoms with Crippen molar-refractivity contribution in [3.8, 4) is 5.75 Å². The molecule has 0 aliphatic rings. The van der Waals surface area contributed by atoms with E-state index in [-0.39, 0.29) is 18.3 Å². The summed E-state index contributed by atoms with van der Waals surface area (Å²) in [4.78, 5) is 14.7. The summed E-state index contributed by atoms with van der Waals surface area (Å²) in [5.74, 6) is 1.18. The second-order valence-electron chi connectivity index (χ2n) is 7.40. The molecule has 3 rings (SSSR count). The number of hydrogen-bond donors (Lipinski definition) is 1. The molecule has 0 aliphatic carbocycles. The maximum Gasteiger partial charge on any atom is 0.259 e. The Kier molecular flexibility index (Phi) is 9.56. The Morgan fingerprint density at radius 3 is 2.23 bits per heavy atom. The summed E-state index contributed by atoms with van der Waals surface area (Å²) in [5, 5.41) is 0. The standard InChI is InChI=1S/C25H27BrN2O2.ClH/c1-18(2)20-9-7-19(8-10-20)17-30-22-13-11-21(12-14-22)28(16-15-27)25(29)23-5-3-4-6-24(23)26;/h3-14,18H,15-17,27H2,1-2H3;1H. The fourth-order valence-corrected chi connectivity index (χ4v) is 3.60. The van der Waals surface area contributed by atoms with Crippen LogP contribution < -0.4 is 15.4 Å². The van der Waals surface area contributed by atoms with Gasteiger partial charge in [-0.2, -0.15) is 0 Å². The third kappa shape index (κ3) is 6.57. The zero-order chi connectivity index (χ0) is 21.5. The molecule has 6 heteroatoms. The summed E-state index contributed by atoms with van der Waals surface area (Å²) in [7, 11) is 0. The van der Waals surface area contributed by atoms with Crippen molar-refractivity contribution in [1.82, 2.24) is 0 Å². The summed E-state index contributed by atoms with van der Waals surface area (Å²) in [6.07, 6.45) is 0. The fraction of sp³-hybridized carbons (Fsp3) is 0.240. The second-order valence-corrected chi connectivity index (χ2v) is 8.26. The second kappa shape index (κ2) is 11.9. The van der Waals surface area contributed by atoms with Crippen LogP contribution in [0, 0.1) is 0 Å². The van der Waals surface area contributed by atoms with Crippen molar-refractivity contribution in [2.24, 2.45) is 5.73 Å². The van der Waals surface area contributed by atoms with Crippen LogP contribution in [0.15, 0.2) is 77.3 Å². The van der Waals surface area contributed by atoms with Gasteiger partial charge in [-0.1, -0.05) is 50.2 Å². The number of benzene rings is 3.